The monoisotopic (exact) mass is 251 g/mol. The van der Waals surface area contributed by atoms with Crippen molar-refractivity contribution in [3.63, 3.8) is 0 Å². The summed E-state index contributed by atoms with van der Waals surface area (Å²) in [6, 6.07) is 6.73. The fourth-order valence-electron chi connectivity index (χ4n) is 1.33. The van der Waals surface area contributed by atoms with Gasteiger partial charge in [-0.25, -0.2) is 4.79 Å². The summed E-state index contributed by atoms with van der Waals surface area (Å²) in [7, 11) is 0. The van der Waals surface area contributed by atoms with Gasteiger partial charge in [0.15, 0.2) is 0 Å². The number of ether oxygens (including phenoxy) is 1. The first kappa shape index (κ1) is 11.3. The molecule has 1 rings (SSSR count). The van der Waals surface area contributed by atoms with E-state index in [-0.39, 0.29) is 6.42 Å². The molecule has 0 aliphatic heterocycles. The summed E-state index contributed by atoms with van der Waals surface area (Å²) in [4.78, 5) is 23.1. The van der Waals surface area contributed by atoms with Crippen LogP contribution in [0.5, 0.6) is 0 Å². The number of amides is 1. The van der Waals surface area contributed by atoms with Crippen LogP contribution in [0, 0.1) is 0 Å². The van der Waals surface area contributed by atoms with Crippen molar-refractivity contribution in [3.8, 4) is 0 Å². The smallest absolute Gasteiger partial charge is 0.408 e. The van der Waals surface area contributed by atoms with Crippen molar-refractivity contribution in [2.24, 2.45) is 0 Å². The number of carbonyl (C=O) groups is 2. The first-order valence-electron chi connectivity index (χ1n) is 6.68. The van der Waals surface area contributed by atoms with Gasteiger partial charge in [-0.15, -0.1) is 0 Å². The van der Waals surface area contributed by atoms with E-state index in [1.807, 2.05) is 0 Å². The molecule has 1 unspecified atom stereocenters. The molecule has 0 spiro atoms. The Balaban J connectivity index is 2.82. The maximum Gasteiger partial charge on any atom is 0.408 e. The van der Waals surface area contributed by atoms with Crippen LogP contribution in [-0.4, -0.2) is 24.0 Å². The highest BCUT2D eigenvalue weighted by Gasteiger charge is 2.19. The molecule has 0 radical (unpaired) electrons. The van der Waals surface area contributed by atoms with Crippen molar-refractivity contribution >= 4 is 12.4 Å². The van der Waals surface area contributed by atoms with Crippen LogP contribution in [0.2, 0.25) is 0 Å². The molecule has 0 aromatic heterocycles. The molecule has 1 N–H and O–H groups in total. The Kier molecular flexibility index (Phi) is 3.87. The molecule has 0 aliphatic carbocycles. The summed E-state index contributed by atoms with van der Waals surface area (Å²) in [6.45, 7) is 5.04. The van der Waals surface area contributed by atoms with Gasteiger partial charge in [0.1, 0.15) is 13.2 Å². The SMILES string of the molecule is [2H]C(=O)C([2H])(Cc1ccccc1)NC(=O)OC(C)(C)C. The van der Waals surface area contributed by atoms with Crippen LogP contribution in [0.1, 0.15) is 29.1 Å². The highest BCUT2D eigenvalue weighted by atomic mass is 16.6. The van der Waals surface area contributed by atoms with Crippen molar-refractivity contribution in [2.45, 2.75) is 38.8 Å². The van der Waals surface area contributed by atoms with E-state index >= 15 is 0 Å². The van der Waals surface area contributed by atoms with E-state index in [1.165, 1.54) is 0 Å². The van der Waals surface area contributed by atoms with Crippen LogP contribution in [0.3, 0.4) is 0 Å². The van der Waals surface area contributed by atoms with E-state index in [1.54, 1.807) is 51.1 Å². The minimum Gasteiger partial charge on any atom is -0.444 e. The van der Waals surface area contributed by atoms with E-state index < -0.39 is 24.0 Å². The van der Waals surface area contributed by atoms with E-state index in [2.05, 4.69) is 5.32 Å². The Hall–Kier alpha value is -1.84. The number of hydrogen-bond donors (Lipinski definition) is 1. The van der Waals surface area contributed by atoms with Gasteiger partial charge in [0.2, 0.25) is 0 Å². The van der Waals surface area contributed by atoms with Gasteiger partial charge in [-0.1, -0.05) is 30.3 Å². The van der Waals surface area contributed by atoms with Crippen LogP contribution in [0.25, 0.3) is 0 Å². The minimum absolute atomic E-state index is 0.0879. The maximum absolute atomic E-state index is 11.7. The van der Waals surface area contributed by atoms with Crippen molar-refractivity contribution in [3.05, 3.63) is 35.9 Å². The summed E-state index contributed by atoms with van der Waals surface area (Å²) < 4.78 is 20.2. The third-order valence-corrected chi connectivity index (χ3v) is 2.00. The predicted molar refractivity (Wildman–Crippen MR) is 69.4 cm³/mol. The number of aldehydes is 1. The molecule has 1 atom stereocenters. The Morgan fingerprint density at radius 2 is 2.11 bits per heavy atom. The number of alkyl carbamates (subject to hydrolysis) is 1. The average molecular weight is 251 g/mol. The standard InChI is InChI=1S/C14H19NO3/c1-14(2,3)18-13(17)15-12(10-16)9-11-7-5-4-6-8-11/h4-8,10,12H,9H2,1-3H3,(H,15,17)/i10D,12D. The quantitative estimate of drug-likeness (QED) is 0.835. The fraction of sp³-hybridized carbons (Fsp3) is 0.429. The summed E-state index contributed by atoms with van der Waals surface area (Å²) in [6.07, 6.45) is -2.16. The zero-order valence-electron chi connectivity index (χ0n) is 12.8. The normalized spacial score (nSPS) is 15.9. The van der Waals surface area contributed by atoms with Crippen molar-refractivity contribution < 1.29 is 17.1 Å². The second-order valence-corrected chi connectivity index (χ2v) is 4.87. The number of rotatable bonds is 4. The van der Waals surface area contributed by atoms with Gasteiger partial charge in [-0.05, 0) is 32.8 Å². The molecule has 0 heterocycles. The van der Waals surface area contributed by atoms with E-state index in [4.69, 9.17) is 7.48 Å². The second kappa shape index (κ2) is 6.19. The lowest BCUT2D eigenvalue weighted by Crippen LogP contribution is -2.41. The number of benzene rings is 1. The van der Waals surface area contributed by atoms with E-state index in [0.29, 0.717) is 5.56 Å². The molecule has 98 valence electrons. The Morgan fingerprint density at radius 3 is 2.61 bits per heavy atom. The van der Waals surface area contributed by atoms with Gasteiger partial charge < -0.3 is 14.8 Å². The molecule has 4 nitrogen and oxygen atoms in total. The Bertz CT molecular complexity index is 485. The van der Waals surface area contributed by atoms with Crippen LogP contribution in [0.4, 0.5) is 4.79 Å². The molecule has 4 heteroatoms. The molecule has 0 fully saturated rings. The average Bonchev–Trinajstić information content (AvgIpc) is 2.26. The van der Waals surface area contributed by atoms with Crippen LogP contribution in [0.15, 0.2) is 30.3 Å². The van der Waals surface area contributed by atoms with Crippen LogP contribution >= 0.6 is 0 Å². The molecular weight excluding hydrogens is 230 g/mol. The van der Waals surface area contributed by atoms with E-state index in [0.717, 1.165) is 0 Å². The predicted octanol–water partition coefficient (Wildman–Crippen LogP) is 2.32. The molecule has 1 amide bonds. The molecule has 0 saturated carbocycles. The van der Waals surface area contributed by atoms with Crippen LogP contribution in [-0.2, 0) is 16.0 Å². The van der Waals surface area contributed by atoms with Crippen LogP contribution < -0.4 is 5.32 Å². The summed E-state index contributed by atoms with van der Waals surface area (Å²) in [5.41, 5.74) is -0.0535. The van der Waals surface area contributed by atoms with Gasteiger partial charge in [0, 0.05) is 0 Å². The van der Waals surface area contributed by atoms with Crippen molar-refractivity contribution in [1.29, 1.82) is 0 Å². The molecule has 0 aliphatic rings. The molecule has 0 bridgehead atoms. The minimum atomic E-state index is -2.05. The van der Waals surface area contributed by atoms with Gasteiger partial charge in [-0.3, -0.25) is 0 Å². The van der Waals surface area contributed by atoms with Gasteiger partial charge in [0.25, 0.3) is 0 Å². The molecule has 18 heavy (non-hydrogen) atoms. The molecule has 0 saturated heterocycles. The number of hydrogen-bond acceptors (Lipinski definition) is 3. The highest BCUT2D eigenvalue weighted by Crippen LogP contribution is 2.07. The lowest BCUT2D eigenvalue weighted by molar-refractivity contribution is -0.109. The Labute approximate surface area is 110 Å². The lowest BCUT2D eigenvalue weighted by atomic mass is 10.1. The summed E-state index contributed by atoms with van der Waals surface area (Å²) >= 11 is 0. The second-order valence-electron chi connectivity index (χ2n) is 4.87. The van der Waals surface area contributed by atoms with Crippen molar-refractivity contribution in [1.82, 2.24) is 5.32 Å². The first-order chi connectivity index (χ1) is 9.12. The highest BCUT2D eigenvalue weighted by molar-refractivity contribution is 5.73. The summed E-state index contributed by atoms with van der Waals surface area (Å²) in [5, 5.41) is 2.17. The Morgan fingerprint density at radius 1 is 1.50 bits per heavy atom. The number of nitrogens with one attached hydrogen (secondary N) is 1. The third-order valence-electron chi connectivity index (χ3n) is 2.00. The largest absolute Gasteiger partial charge is 0.444 e. The molecule has 1 aromatic rings. The fourth-order valence-corrected chi connectivity index (χ4v) is 1.33. The third kappa shape index (κ3) is 5.48. The molecule has 1 aromatic carbocycles. The van der Waals surface area contributed by atoms with Gasteiger partial charge in [-0.2, -0.15) is 0 Å². The zero-order chi connectivity index (χ0) is 15.4. The van der Waals surface area contributed by atoms with Gasteiger partial charge in [0.05, 0.1) is 7.39 Å². The summed E-state index contributed by atoms with van der Waals surface area (Å²) in [5.74, 6) is 0. The van der Waals surface area contributed by atoms with Crippen molar-refractivity contribution in [2.75, 3.05) is 0 Å². The lowest BCUT2D eigenvalue weighted by Gasteiger charge is -2.21. The van der Waals surface area contributed by atoms with E-state index in [9.17, 15) is 9.59 Å². The first-order valence-corrected chi connectivity index (χ1v) is 5.68. The number of carbonyl (C=O) groups excluding carboxylic acids is 2. The maximum atomic E-state index is 11.7. The van der Waals surface area contributed by atoms with Gasteiger partial charge >= 0.3 is 6.09 Å². The zero-order valence-corrected chi connectivity index (χ0v) is 10.8. The topological polar surface area (TPSA) is 55.4 Å². The molecular formula is C14H19NO3.